The maximum atomic E-state index is 11.6. The van der Waals surface area contributed by atoms with Crippen LogP contribution in [-0.4, -0.2) is 32.4 Å². The fraction of sp³-hybridized carbons (Fsp3) is 0.318. The molecule has 3 rings (SSSR count). The summed E-state index contributed by atoms with van der Waals surface area (Å²) in [5, 5.41) is 0.594. The lowest BCUT2D eigenvalue weighted by Crippen LogP contribution is -2.34. The van der Waals surface area contributed by atoms with Gasteiger partial charge >= 0.3 is 5.97 Å². The van der Waals surface area contributed by atoms with E-state index < -0.39 is 0 Å². The van der Waals surface area contributed by atoms with E-state index >= 15 is 0 Å². The van der Waals surface area contributed by atoms with Gasteiger partial charge in [-0.15, -0.1) is 5.92 Å². The van der Waals surface area contributed by atoms with Crippen molar-refractivity contribution in [2.75, 3.05) is 20.3 Å². The van der Waals surface area contributed by atoms with Crippen LogP contribution in [0.15, 0.2) is 42.5 Å². The van der Waals surface area contributed by atoms with Crippen LogP contribution >= 0.6 is 11.6 Å². The first-order chi connectivity index (χ1) is 13.6. The zero-order valence-electron chi connectivity index (χ0n) is 15.7. The van der Waals surface area contributed by atoms with E-state index in [9.17, 15) is 4.79 Å². The summed E-state index contributed by atoms with van der Waals surface area (Å²) in [4.78, 5) is 11.6. The largest absolute Gasteiger partial charge is 0.490 e. The molecule has 0 radical (unpaired) electrons. The van der Waals surface area contributed by atoms with Crippen molar-refractivity contribution in [1.82, 2.24) is 0 Å². The minimum Gasteiger partial charge on any atom is -0.490 e. The standard InChI is InChI=1S/C22H21ClO5/c1-3-4-16(11-22(24)25-2)15-5-8-18(9-6-15)26-13-19-14-27-20-10-7-17(23)12-21(20)28-19/h5-10,12,16,19H,11,13-14H2,1-2H3/t16-,19-/m0/s1. The molecule has 0 bridgehead atoms. The average Bonchev–Trinajstić information content (AvgIpc) is 2.72. The Bertz CT molecular complexity index is 882. The molecule has 2 aromatic rings. The van der Waals surface area contributed by atoms with Gasteiger partial charge in [0.1, 0.15) is 19.0 Å². The topological polar surface area (TPSA) is 54.0 Å². The van der Waals surface area contributed by atoms with Gasteiger partial charge in [0.25, 0.3) is 0 Å². The smallest absolute Gasteiger partial charge is 0.307 e. The summed E-state index contributed by atoms with van der Waals surface area (Å²) in [6.45, 7) is 2.49. The van der Waals surface area contributed by atoms with Gasteiger partial charge in [-0.05, 0) is 36.8 Å². The summed E-state index contributed by atoms with van der Waals surface area (Å²) in [7, 11) is 1.37. The van der Waals surface area contributed by atoms with Gasteiger partial charge in [0.2, 0.25) is 0 Å². The highest BCUT2D eigenvalue weighted by atomic mass is 35.5. The number of fused-ring (bicyclic) bond motifs is 1. The SMILES string of the molecule is CC#C[C@@H](CC(=O)OC)c1ccc(OC[C@H]2COc3ccc(Cl)cc3O2)cc1. The molecule has 0 saturated heterocycles. The molecule has 0 N–H and O–H groups in total. The molecule has 1 heterocycles. The number of hydrogen-bond acceptors (Lipinski definition) is 5. The third kappa shape index (κ3) is 5.11. The number of halogens is 1. The lowest BCUT2D eigenvalue weighted by atomic mass is 9.96. The summed E-state index contributed by atoms with van der Waals surface area (Å²) in [5.41, 5.74) is 0.938. The van der Waals surface area contributed by atoms with Gasteiger partial charge in [-0.2, -0.15) is 0 Å². The lowest BCUT2D eigenvalue weighted by Gasteiger charge is -2.26. The highest BCUT2D eigenvalue weighted by molar-refractivity contribution is 6.30. The summed E-state index contributed by atoms with van der Waals surface area (Å²) < 4.78 is 22.1. The first-order valence-corrected chi connectivity index (χ1v) is 9.27. The van der Waals surface area contributed by atoms with Crippen LogP contribution < -0.4 is 14.2 Å². The highest BCUT2D eigenvalue weighted by Gasteiger charge is 2.22. The molecule has 0 fully saturated rings. The van der Waals surface area contributed by atoms with E-state index in [-0.39, 0.29) is 24.4 Å². The van der Waals surface area contributed by atoms with E-state index in [0.717, 1.165) is 5.56 Å². The molecular weight excluding hydrogens is 380 g/mol. The third-order valence-electron chi connectivity index (χ3n) is 4.26. The fourth-order valence-electron chi connectivity index (χ4n) is 2.83. The summed E-state index contributed by atoms with van der Waals surface area (Å²) in [5.74, 6) is 7.41. The maximum absolute atomic E-state index is 11.6. The molecular formula is C22H21ClO5. The van der Waals surface area contributed by atoms with Crippen molar-refractivity contribution in [3.63, 3.8) is 0 Å². The van der Waals surface area contributed by atoms with E-state index in [2.05, 4.69) is 11.8 Å². The van der Waals surface area contributed by atoms with Crippen molar-refractivity contribution in [2.24, 2.45) is 0 Å². The van der Waals surface area contributed by atoms with Crippen LogP contribution in [0.3, 0.4) is 0 Å². The van der Waals surface area contributed by atoms with Crippen LogP contribution in [0.25, 0.3) is 0 Å². The number of rotatable bonds is 6. The Morgan fingerprint density at radius 2 is 2.04 bits per heavy atom. The van der Waals surface area contributed by atoms with Crippen LogP contribution in [0.2, 0.25) is 5.02 Å². The monoisotopic (exact) mass is 400 g/mol. The zero-order chi connectivity index (χ0) is 19.9. The number of ether oxygens (including phenoxy) is 4. The van der Waals surface area contributed by atoms with E-state index in [1.807, 2.05) is 24.3 Å². The van der Waals surface area contributed by atoms with Crippen LogP contribution in [0.5, 0.6) is 17.2 Å². The van der Waals surface area contributed by atoms with Crippen molar-refractivity contribution in [3.8, 4) is 29.1 Å². The molecule has 0 saturated carbocycles. The Kier molecular flexibility index (Phi) is 6.67. The van der Waals surface area contributed by atoms with Crippen LogP contribution in [0.4, 0.5) is 0 Å². The third-order valence-corrected chi connectivity index (χ3v) is 4.49. The Labute approximate surface area is 169 Å². The molecule has 1 aliphatic rings. The van der Waals surface area contributed by atoms with Crippen LogP contribution in [0, 0.1) is 11.8 Å². The number of carbonyl (C=O) groups excluding carboxylic acids is 1. The molecule has 6 heteroatoms. The molecule has 2 aromatic carbocycles. The minimum absolute atomic E-state index is 0.206. The Morgan fingerprint density at radius 1 is 1.25 bits per heavy atom. The van der Waals surface area contributed by atoms with Crippen molar-refractivity contribution in [1.29, 1.82) is 0 Å². The van der Waals surface area contributed by atoms with Crippen molar-refractivity contribution < 1.29 is 23.7 Å². The first-order valence-electron chi connectivity index (χ1n) is 8.90. The molecule has 0 unspecified atom stereocenters. The summed E-state index contributed by atoms with van der Waals surface area (Å²) >= 11 is 6.00. The number of methoxy groups -OCH3 is 1. The second kappa shape index (κ2) is 9.38. The first kappa shape index (κ1) is 19.9. The number of carbonyl (C=O) groups is 1. The summed E-state index contributed by atoms with van der Waals surface area (Å²) in [6.07, 6.45) is -0.0177. The normalized spacial score (nSPS) is 15.8. The number of esters is 1. The van der Waals surface area contributed by atoms with Gasteiger partial charge in [-0.25, -0.2) is 0 Å². The molecule has 0 aliphatic carbocycles. The van der Waals surface area contributed by atoms with Gasteiger partial charge in [0.05, 0.1) is 19.4 Å². The molecule has 0 spiro atoms. The van der Waals surface area contributed by atoms with Gasteiger partial charge in [0.15, 0.2) is 17.6 Å². The molecule has 146 valence electrons. The molecule has 0 aromatic heterocycles. The van der Waals surface area contributed by atoms with Crippen LogP contribution in [-0.2, 0) is 9.53 Å². The maximum Gasteiger partial charge on any atom is 0.307 e. The van der Waals surface area contributed by atoms with Crippen LogP contribution in [0.1, 0.15) is 24.8 Å². The fourth-order valence-corrected chi connectivity index (χ4v) is 3.00. The van der Waals surface area contributed by atoms with Gasteiger partial charge < -0.3 is 18.9 Å². The van der Waals surface area contributed by atoms with Crippen molar-refractivity contribution in [3.05, 3.63) is 53.1 Å². The highest BCUT2D eigenvalue weighted by Crippen LogP contribution is 2.34. The van der Waals surface area contributed by atoms with E-state index in [1.54, 1.807) is 25.1 Å². The second-order valence-electron chi connectivity index (χ2n) is 6.25. The van der Waals surface area contributed by atoms with Crippen molar-refractivity contribution >= 4 is 17.6 Å². The predicted octanol–water partition coefficient (Wildman–Crippen LogP) is 4.23. The summed E-state index contributed by atoms with van der Waals surface area (Å²) in [6, 6.07) is 12.8. The molecule has 2 atom stereocenters. The van der Waals surface area contributed by atoms with Crippen molar-refractivity contribution in [2.45, 2.75) is 25.4 Å². The lowest BCUT2D eigenvalue weighted by molar-refractivity contribution is -0.140. The Morgan fingerprint density at radius 3 is 2.75 bits per heavy atom. The predicted molar refractivity (Wildman–Crippen MR) is 106 cm³/mol. The van der Waals surface area contributed by atoms with Gasteiger partial charge in [-0.1, -0.05) is 29.7 Å². The zero-order valence-corrected chi connectivity index (χ0v) is 16.5. The number of benzene rings is 2. The Balaban J connectivity index is 1.58. The molecule has 0 amide bonds. The van der Waals surface area contributed by atoms with Gasteiger partial charge in [0, 0.05) is 11.1 Å². The minimum atomic E-state index is -0.289. The molecule has 1 aliphatic heterocycles. The van der Waals surface area contributed by atoms with Gasteiger partial charge in [-0.3, -0.25) is 4.79 Å². The number of hydrogen-bond donors (Lipinski definition) is 0. The van der Waals surface area contributed by atoms with E-state index in [4.69, 9.17) is 30.5 Å². The quantitative estimate of drug-likeness (QED) is 0.536. The average molecular weight is 401 g/mol. The Hall–Kier alpha value is -2.84. The van der Waals surface area contributed by atoms with E-state index in [1.165, 1.54) is 7.11 Å². The van der Waals surface area contributed by atoms with E-state index in [0.29, 0.717) is 35.5 Å². The molecule has 5 nitrogen and oxygen atoms in total. The second-order valence-corrected chi connectivity index (χ2v) is 6.69. The molecule has 28 heavy (non-hydrogen) atoms.